The zero-order valence-corrected chi connectivity index (χ0v) is 13.5. The molecule has 2 aromatic rings. The van der Waals surface area contributed by atoms with Crippen molar-refractivity contribution in [2.75, 3.05) is 26.7 Å². The Labute approximate surface area is 129 Å². The third kappa shape index (κ3) is 2.84. The van der Waals surface area contributed by atoms with Gasteiger partial charge in [-0.05, 0) is 20.9 Å². The van der Waals surface area contributed by atoms with E-state index in [2.05, 4.69) is 32.5 Å². The number of piperazine rings is 1. The van der Waals surface area contributed by atoms with Gasteiger partial charge in [-0.2, -0.15) is 10.1 Å². The summed E-state index contributed by atoms with van der Waals surface area (Å²) in [5, 5.41) is 11.7. The second-order valence-electron chi connectivity index (χ2n) is 5.66. The maximum Gasteiger partial charge on any atom is 0.264 e. The molecular weight excluding hydrogens is 284 g/mol. The van der Waals surface area contributed by atoms with Crippen LogP contribution in [0.4, 0.5) is 0 Å². The number of hydrogen-bond donors (Lipinski definition) is 1. The average molecular weight is 306 g/mol. The Balaban J connectivity index is 1.67. The number of likely N-dealkylation sites (N-methyl/N-ethyl adjacent to an activating group) is 1. The van der Waals surface area contributed by atoms with E-state index in [0.29, 0.717) is 11.7 Å². The smallest absolute Gasteiger partial charge is 0.264 e. The molecule has 1 atom stereocenters. The molecule has 1 aliphatic rings. The van der Waals surface area contributed by atoms with E-state index in [1.54, 1.807) is 4.68 Å². The van der Waals surface area contributed by atoms with Crippen LogP contribution in [0.3, 0.4) is 0 Å². The molecule has 8 heteroatoms. The summed E-state index contributed by atoms with van der Waals surface area (Å²) in [7, 11) is 3.96. The van der Waals surface area contributed by atoms with E-state index in [0.717, 1.165) is 36.8 Å². The summed E-state index contributed by atoms with van der Waals surface area (Å²) in [6, 6.07) is 0.146. The molecule has 0 spiro atoms. The van der Waals surface area contributed by atoms with E-state index in [1.165, 1.54) is 0 Å². The van der Waals surface area contributed by atoms with E-state index >= 15 is 0 Å². The predicted octanol–water partition coefficient (Wildman–Crippen LogP) is 0.575. The molecule has 0 radical (unpaired) electrons. The lowest BCUT2D eigenvalue weighted by Gasteiger charge is -2.30. The van der Waals surface area contributed by atoms with Gasteiger partial charge in [0.25, 0.3) is 5.89 Å². The van der Waals surface area contributed by atoms with Crippen LogP contribution in [0, 0.1) is 13.8 Å². The van der Waals surface area contributed by atoms with Gasteiger partial charge in [0.2, 0.25) is 0 Å². The Morgan fingerprint density at radius 2 is 2.18 bits per heavy atom. The van der Waals surface area contributed by atoms with Crippen molar-refractivity contribution in [3.63, 3.8) is 0 Å². The first-order chi connectivity index (χ1) is 10.6. The molecule has 120 valence electrons. The molecule has 3 heterocycles. The van der Waals surface area contributed by atoms with Crippen LogP contribution in [-0.2, 0) is 13.7 Å². The number of rotatable bonds is 4. The molecule has 3 rings (SSSR count). The number of ether oxygens (including phenoxy) is 1. The highest BCUT2D eigenvalue weighted by atomic mass is 16.5. The van der Waals surface area contributed by atoms with Crippen molar-refractivity contribution >= 4 is 0 Å². The maximum atomic E-state index is 5.79. The summed E-state index contributed by atoms with van der Waals surface area (Å²) in [4.78, 5) is 6.68. The Kier molecular flexibility index (Phi) is 4.12. The predicted molar refractivity (Wildman–Crippen MR) is 79.6 cm³/mol. The van der Waals surface area contributed by atoms with Gasteiger partial charge < -0.3 is 14.6 Å². The van der Waals surface area contributed by atoms with Crippen LogP contribution >= 0.6 is 0 Å². The van der Waals surface area contributed by atoms with Crippen molar-refractivity contribution < 1.29 is 9.26 Å². The highest BCUT2D eigenvalue weighted by Gasteiger charge is 2.25. The first kappa shape index (κ1) is 15.0. The summed E-state index contributed by atoms with van der Waals surface area (Å²) in [5.74, 6) is 1.96. The van der Waals surface area contributed by atoms with Gasteiger partial charge in [-0.15, -0.1) is 0 Å². The molecule has 1 fully saturated rings. The Hall–Kier alpha value is -1.93. The molecule has 1 saturated heterocycles. The van der Waals surface area contributed by atoms with Crippen LogP contribution in [0.25, 0.3) is 0 Å². The molecule has 1 aliphatic heterocycles. The van der Waals surface area contributed by atoms with Gasteiger partial charge in [-0.25, -0.2) is 0 Å². The van der Waals surface area contributed by atoms with Gasteiger partial charge in [-0.1, -0.05) is 5.16 Å². The second kappa shape index (κ2) is 6.05. The standard InChI is InChI=1S/C14H22N6O2/c1-9-13(10(2)20(4)17-9)21-8-12-16-14(18-22-12)11-7-15-5-6-19(11)3/h11,15H,5-8H2,1-4H3. The normalized spacial score (nSPS) is 19.5. The Bertz CT molecular complexity index is 650. The van der Waals surface area contributed by atoms with Crippen molar-refractivity contribution in [3.8, 4) is 5.75 Å². The largest absolute Gasteiger partial charge is 0.480 e. The van der Waals surface area contributed by atoms with Gasteiger partial charge in [-0.3, -0.25) is 9.58 Å². The van der Waals surface area contributed by atoms with Crippen LogP contribution in [0.15, 0.2) is 4.52 Å². The van der Waals surface area contributed by atoms with Crippen LogP contribution < -0.4 is 10.1 Å². The zero-order chi connectivity index (χ0) is 15.7. The van der Waals surface area contributed by atoms with Crippen molar-refractivity contribution in [2.45, 2.75) is 26.5 Å². The van der Waals surface area contributed by atoms with E-state index in [4.69, 9.17) is 9.26 Å². The molecule has 0 bridgehead atoms. The van der Waals surface area contributed by atoms with Gasteiger partial charge in [0.15, 0.2) is 18.2 Å². The van der Waals surface area contributed by atoms with Crippen molar-refractivity contribution in [3.05, 3.63) is 23.1 Å². The highest BCUT2D eigenvalue weighted by Crippen LogP contribution is 2.23. The van der Waals surface area contributed by atoms with Crippen LogP contribution in [-0.4, -0.2) is 51.5 Å². The number of aryl methyl sites for hydroxylation is 2. The first-order valence-corrected chi connectivity index (χ1v) is 7.42. The number of nitrogens with one attached hydrogen (secondary N) is 1. The fourth-order valence-corrected chi connectivity index (χ4v) is 2.65. The van der Waals surface area contributed by atoms with E-state index < -0.39 is 0 Å². The molecule has 0 amide bonds. The van der Waals surface area contributed by atoms with E-state index in [-0.39, 0.29) is 12.6 Å². The Morgan fingerprint density at radius 1 is 1.36 bits per heavy atom. The molecule has 1 unspecified atom stereocenters. The molecule has 0 saturated carbocycles. The van der Waals surface area contributed by atoms with Crippen LogP contribution in [0.1, 0.15) is 29.1 Å². The molecule has 8 nitrogen and oxygen atoms in total. The highest BCUT2D eigenvalue weighted by molar-refractivity contribution is 5.31. The lowest BCUT2D eigenvalue weighted by Crippen LogP contribution is -2.44. The number of hydrogen-bond acceptors (Lipinski definition) is 7. The molecule has 0 aliphatic carbocycles. The minimum atomic E-state index is 0.146. The third-order valence-corrected chi connectivity index (χ3v) is 4.08. The summed E-state index contributed by atoms with van der Waals surface area (Å²) < 4.78 is 12.9. The fourth-order valence-electron chi connectivity index (χ4n) is 2.65. The van der Waals surface area contributed by atoms with Gasteiger partial charge in [0.1, 0.15) is 5.69 Å². The summed E-state index contributed by atoms with van der Waals surface area (Å²) >= 11 is 0. The lowest BCUT2D eigenvalue weighted by atomic mass is 10.2. The number of nitrogens with zero attached hydrogens (tertiary/aromatic N) is 5. The van der Waals surface area contributed by atoms with Crippen molar-refractivity contribution in [1.29, 1.82) is 0 Å². The molecule has 1 N–H and O–H groups in total. The minimum absolute atomic E-state index is 0.146. The molecule has 0 aromatic carbocycles. The molecule has 2 aromatic heterocycles. The zero-order valence-electron chi connectivity index (χ0n) is 13.5. The van der Waals surface area contributed by atoms with Crippen molar-refractivity contribution in [2.24, 2.45) is 7.05 Å². The van der Waals surface area contributed by atoms with E-state index in [1.807, 2.05) is 20.9 Å². The van der Waals surface area contributed by atoms with Gasteiger partial charge >= 0.3 is 0 Å². The second-order valence-corrected chi connectivity index (χ2v) is 5.66. The van der Waals surface area contributed by atoms with Gasteiger partial charge in [0, 0.05) is 26.7 Å². The topological polar surface area (TPSA) is 81.2 Å². The number of aromatic nitrogens is 4. The van der Waals surface area contributed by atoms with Crippen LogP contribution in [0.5, 0.6) is 5.75 Å². The van der Waals surface area contributed by atoms with E-state index in [9.17, 15) is 0 Å². The fraction of sp³-hybridized carbons (Fsp3) is 0.643. The quantitative estimate of drug-likeness (QED) is 0.884. The Morgan fingerprint density at radius 3 is 2.86 bits per heavy atom. The average Bonchev–Trinajstić information content (AvgIpc) is 3.04. The minimum Gasteiger partial charge on any atom is -0.480 e. The SMILES string of the molecule is Cc1nn(C)c(C)c1OCc1nc(C2CNCCN2C)no1. The maximum absolute atomic E-state index is 5.79. The summed E-state index contributed by atoms with van der Waals surface area (Å²) in [6.45, 7) is 6.93. The first-order valence-electron chi connectivity index (χ1n) is 7.42. The van der Waals surface area contributed by atoms with Crippen LogP contribution in [0.2, 0.25) is 0 Å². The summed E-state index contributed by atoms with van der Waals surface area (Å²) in [6.07, 6.45) is 0. The molecular formula is C14H22N6O2. The molecule has 22 heavy (non-hydrogen) atoms. The monoisotopic (exact) mass is 306 g/mol. The summed E-state index contributed by atoms with van der Waals surface area (Å²) in [5.41, 5.74) is 1.84. The van der Waals surface area contributed by atoms with Crippen molar-refractivity contribution in [1.82, 2.24) is 30.1 Å². The third-order valence-electron chi connectivity index (χ3n) is 4.08. The lowest BCUT2D eigenvalue weighted by molar-refractivity contribution is 0.189. The van der Waals surface area contributed by atoms with Gasteiger partial charge in [0.05, 0.1) is 11.7 Å².